The van der Waals surface area contributed by atoms with E-state index in [1.807, 2.05) is 6.92 Å². The van der Waals surface area contributed by atoms with Crippen LogP contribution in [0.1, 0.15) is 46.5 Å². The molecule has 0 spiro atoms. The highest BCUT2D eigenvalue weighted by atomic mass is 16.3. The van der Waals surface area contributed by atoms with E-state index in [9.17, 15) is 5.11 Å². The molecular formula is C13H24O. The number of hydrogen-bond acceptors (Lipinski definition) is 1. The van der Waals surface area contributed by atoms with E-state index in [1.165, 1.54) is 0 Å². The molecule has 0 saturated carbocycles. The lowest BCUT2D eigenvalue weighted by Gasteiger charge is -2.12. The minimum absolute atomic E-state index is 0.143. The minimum atomic E-state index is -0.143. The zero-order valence-electron chi connectivity index (χ0n) is 9.74. The summed E-state index contributed by atoms with van der Waals surface area (Å²) < 4.78 is 0. The van der Waals surface area contributed by atoms with Crippen LogP contribution < -0.4 is 0 Å². The molecule has 0 radical (unpaired) electrons. The second kappa shape index (κ2) is 9.01. The van der Waals surface area contributed by atoms with Gasteiger partial charge in [-0.1, -0.05) is 38.2 Å². The summed E-state index contributed by atoms with van der Waals surface area (Å²) in [5.74, 6) is 0.381. The number of rotatable bonds is 7. The molecule has 0 aromatic rings. The van der Waals surface area contributed by atoms with Crippen molar-refractivity contribution in [1.82, 2.24) is 0 Å². The third-order valence-corrected chi connectivity index (χ3v) is 2.30. The highest BCUT2D eigenvalue weighted by Crippen LogP contribution is 2.08. The van der Waals surface area contributed by atoms with Crippen LogP contribution in [-0.4, -0.2) is 11.2 Å². The zero-order chi connectivity index (χ0) is 10.8. The third kappa shape index (κ3) is 8.06. The average Bonchev–Trinajstić information content (AvgIpc) is 2.16. The molecule has 82 valence electrons. The van der Waals surface area contributed by atoms with E-state index in [0.29, 0.717) is 5.92 Å². The molecule has 0 bridgehead atoms. The van der Waals surface area contributed by atoms with Gasteiger partial charge in [0.05, 0.1) is 6.10 Å². The van der Waals surface area contributed by atoms with E-state index in [1.54, 1.807) is 0 Å². The largest absolute Gasteiger partial charge is 0.393 e. The summed E-state index contributed by atoms with van der Waals surface area (Å²) in [6.07, 6.45) is 12.6. The second-order valence-corrected chi connectivity index (χ2v) is 4.01. The van der Waals surface area contributed by atoms with Gasteiger partial charge in [0.15, 0.2) is 0 Å². The summed E-state index contributed by atoms with van der Waals surface area (Å²) in [5.41, 5.74) is 0. The predicted molar refractivity (Wildman–Crippen MR) is 63.3 cm³/mol. The Hall–Kier alpha value is -0.560. The number of hydrogen-bond donors (Lipinski definition) is 1. The molecule has 0 aromatic carbocycles. The maximum Gasteiger partial charge on any atom is 0.0566 e. The van der Waals surface area contributed by atoms with Gasteiger partial charge in [-0.05, 0) is 38.5 Å². The molecule has 1 atom stereocenters. The van der Waals surface area contributed by atoms with Crippen molar-refractivity contribution in [1.29, 1.82) is 0 Å². The van der Waals surface area contributed by atoms with Crippen molar-refractivity contribution in [2.24, 2.45) is 5.92 Å². The topological polar surface area (TPSA) is 20.2 Å². The van der Waals surface area contributed by atoms with Crippen LogP contribution in [0.4, 0.5) is 0 Å². The molecule has 1 nitrogen and oxygen atoms in total. The summed E-state index contributed by atoms with van der Waals surface area (Å²) >= 11 is 0. The van der Waals surface area contributed by atoms with E-state index < -0.39 is 0 Å². The third-order valence-electron chi connectivity index (χ3n) is 2.30. The summed E-state index contributed by atoms with van der Waals surface area (Å²) in [7, 11) is 0. The molecule has 0 aliphatic carbocycles. The van der Waals surface area contributed by atoms with E-state index >= 15 is 0 Å². The molecule has 0 aliphatic rings. The summed E-state index contributed by atoms with van der Waals surface area (Å²) in [6, 6.07) is 0. The van der Waals surface area contributed by atoms with Gasteiger partial charge in [-0.25, -0.2) is 0 Å². The van der Waals surface area contributed by atoms with Crippen LogP contribution in [-0.2, 0) is 0 Å². The summed E-state index contributed by atoms with van der Waals surface area (Å²) in [6.45, 7) is 6.16. The Morgan fingerprint density at radius 3 is 2.14 bits per heavy atom. The first-order valence-electron chi connectivity index (χ1n) is 5.62. The molecule has 1 N–H and O–H groups in total. The van der Waals surface area contributed by atoms with E-state index in [0.717, 1.165) is 25.7 Å². The Morgan fingerprint density at radius 2 is 1.57 bits per heavy atom. The molecule has 0 unspecified atom stereocenters. The second-order valence-electron chi connectivity index (χ2n) is 4.01. The lowest BCUT2D eigenvalue weighted by molar-refractivity contribution is 0.117. The van der Waals surface area contributed by atoms with Crippen LogP contribution in [0, 0.1) is 5.92 Å². The highest BCUT2D eigenvalue weighted by Gasteiger charge is 2.06. The molecule has 14 heavy (non-hydrogen) atoms. The zero-order valence-corrected chi connectivity index (χ0v) is 9.74. The van der Waals surface area contributed by atoms with Gasteiger partial charge < -0.3 is 5.11 Å². The van der Waals surface area contributed by atoms with Crippen molar-refractivity contribution in [3.05, 3.63) is 24.3 Å². The van der Waals surface area contributed by atoms with Crippen LogP contribution in [0.5, 0.6) is 0 Å². The molecule has 0 heterocycles. The van der Waals surface area contributed by atoms with Crippen molar-refractivity contribution in [3.8, 4) is 0 Å². The summed E-state index contributed by atoms with van der Waals surface area (Å²) in [5, 5.41) is 9.52. The Labute approximate surface area is 88.5 Å². The average molecular weight is 196 g/mol. The Kier molecular flexibility index (Phi) is 8.65. The number of aliphatic hydroxyl groups is 1. The van der Waals surface area contributed by atoms with Gasteiger partial charge in [-0.15, -0.1) is 0 Å². The molecule has 0 saturated heterocycles. The van der Waals surface area contributed by atoms with Crippen molar-refractivity contribution < 1.29 is 5.11 Å². The molecule has 0 amide bonds. The molecule has 0 rings (SSSR count). The van der Waals surface area contributed by atoms with Crippen LogP contribution in [0.3, 0.4) is 0 Å². The predicted octanol–water partition coefficient (Wildman–Crippen LogP) is 3.70. The van der Waals surface area contributed by atoms with Gasteiger partial charge in [0.25, 0.3) is 0 Å². The maximum atomic E-state index is 9.52. The quantitative estimate of drug-likeness (QED) is 0.486. The molecular weight excluding hydrogens is 172 g/mol. The molecule has 0 aromatic heterocycles. The molecule has 0 fully saturated rings. The fourth-order valence-electron chi connectivity index (χ4n) is 1.20. The van der Waals surface area contributed by atoms with Crippen molar-refractivity contribution in [2.45, 2.75) is 52.6 Å². The smallest absolute Gasteiger partial charge is 0.0566 e. The fraction of sp³-hybridized carbons (Fsp3) is 0.692. The first kappa shape index (κ1) is 13.4. The van der Waals surface area contributed by atoms with E-state index in [4.69, 9.17) is 0 Å². The summed E-state index contributed by atoms with van der Waals surface area (Å²) in [4.78, 5) is 0. The van der Waals surface area contributed by atoms with E-state index in [-0.39, 0.29) is 6.10 Å². The van der Waals surface area contributed by atoms with Gasteiger partial charge in [0, 0.05) is 0 Å². The normalized spacial score (nSPS) is 14.6. The van der Waals surface area contributed by atoms with Crippen molar-refractivity contribution >= 4 is 0 Å². The van der Waals surface area contributed by atoms with Gasteiger partial charge >= 0.3 is 0 Å². The van der Waals surface area contributed by atoms with Crippen LogP contribution in [0.15, 0.2) is 24.3 Å². The Bertz CT molecular complexity index is 168. The van der Waals surface area contributed by atoms with Gasteiger partial charge in [-0.3, -0.25) is 0 Å². The SMILES string of the molecule is C/C=C\CC/C=C\CC[C@@H](O)C(C)C. The van der Waals surface area contributed by atoms with Gasteiger partial charge in [0.2, 0.25) is 0 Å². The lowest BCUT2D eigenvalue weighted by atomic mass is 10.0. The Balaban J connectivity index is 3.35. The van der Waals surface area contributed by atoms with Gasteiger partial charge in [-0.2, -0.15) is 0 Å². The Morgan fingerprint density at radius 1 is 1.00 bits per heavy atom. The standard InChI is InChI=1S/C13H24O/c1-4-5-6-7-8-9-10-11-13(14)12(2)3/h4-5,8-9,12-14H,6-7,10-11H2,1-3H3/b5-4-,9-8-/t13-/m1/s1. The maximum absolute atomic E-state index is 9.52. The van der Waals surface area contributed by atoms with Crippen LogP contribution in [0.25, 0.3) is 0 Å². The monoisotopic (exact) mass is 196 g/mol. The minimum Gasteiger partial charge on any atom is -0.393 e. The fourth-order valence-corrected chi connectivity index (χ4v) is 1.20. The van der Waals surface area contributed by atoms with Crippen molar-refractivity contribution in [2.75, 3.05) is 0 Å². The number of allylic oxidation sites excluding steroid dienone is 4. The van der Waals surface area contributed by atoms with Gasteiger partial charge in [0.1, 0.15) is 0 Å². The molecule has 0 aliphatic heterocycles. The number of aliphatic hydroxyl groups excluding tert-OH is 1. The number of unbranched alkanes of at least 4 members (excludes halogenated alkanes) is 1. The van der Waals surface area contributed by atoms with Crippen LogP contribution in [0.2, 0.25) is 0 Å². The van der Waals surface area contributed by atoms with Crippen molar-refractivity contribution in [3.63, 3.8) is 0 Å². The molecule has 1 heteroatoms. The van der Waals surface area contributed by atoms with E-state index in [2.05, 4.69) is 38.2 Å². The highest BCUT2D eigenvalue weighted by molar-refractivity contribution is 4.87. The van der Waals surface area contributed by atoms with Crippen LogP contribution >= 0.6 is 0 Å². The first-order chi connectivity index (χ1) is 6.68. The lowest BCUT2D eigenvalue weighted by Crippen LogP contribution is -2.13. The first-order valence-corrected chi connectivity index (χ1v) is 5.62.